The van der Waals surface area contributed by atoms with Gasteiger partial charge in [-0.05, 0) is 56.3 Å². The Morgan fingerprint density at radius 3 is 2.16 bits per heavy atom. The van der Waals surface area contributed by atoms with Crippen LogP contribution in [-0.2, 0) is 4.79 Å². The highest BCUT2D eigenvalue weighted by Crippen LogP contribution is 2.41. The Morgan fingerprint density at radius 2 is 1.64 bits per heavy atom. The van der Waals surface area contributed by atoms with Gasteiger partial charge in [0.2, 0.25) is 5.91 Å². The molecule has 6 heteroatoms. The predicted molar refractivity (Wildman–Crippen MR) is 108 cm³/mol. The molecule has 0 aromatic heterocycles. The first-order valence-electron chi connectivity index (χ1n) is 9.81. The van der Waals surface area contributed by atoms with Gasteiger partial charge >= 0.3 is 0 Å². The summed E-state index contributed by atoms with van der Waals surface area (Å²) in [5.41, 5.74) is 6.35. The van der Waals surface area contributed by atoms with Crippen molar-refractivity contribution < 1.29 is 4.79 Å². The second-order valence-electron chi connectivity index (χ2n) is 8.67. The Balaban J connectivity index is 0.00000156. The van der Waals surface area contributed by atoms with Crippen molar-refractivity contribution in [2.24, 2.45) is 29.4 Å². The van der Waals surface area contributed by atoms with E-state index in [9.17, 15) is 4.79 Å². The Bertz CT molecular complexity index is 399. The van der Waals surface area contributed by atoms with Gasteiger partial charge < -0.3 is 16.0 Å². The molecule has 2 unspecified atom stereocenters. The number of rotatable bonds is 4. The van der Waals surface area contributed by atoms with Crippen molar-refractivity contribution >= 4 is 30.7 Å². The fourth-order valence-electron chi connectivity index (χ4n) is 5.10. The smallest absolute Gasteiger partial charge is 0.223 e. The lowest BCUT2D eigenvalue weighted by Crippen LogP contribution is -2.51. The summed E-state index contributed by atoms with van der Waals surface area (Å²) in [5, 5.41) is 3.36. The van der Waals surface area contributed by atoms with E-state index in [-0.39, 0.29) is 30.7 Å². The van der Waals surface area contributed by atoms with E-state index >= 15 is 0 Å². The molecule has 4 nitrogen and oxygen atoms in total. The summed E-state index contributed by atoms with van der Waals surface area (Å²) in [5.74, 6) is 2.44. The molecule has 3 rings (SSSR count). The average Bonchev–Trinajstić information content (AvgIpc) is 2.48. The molecule has 2 atom stereocenters. The molecule has 1 aliphatic heterocycles. The summed E-state index contributed by atoms with van der Waals surface area (Å²) in [6.07, 6.45) is 8.04. The van der Waals surface area contributed by atoms with Crippen molar-refractivity contribution in [3.8, 4) is 0 Å². The van der Waals surface area contributed by atoms with E-state index < -0.39 is 0 Å². The van der Waals surface area contributed by atoms with Crippen molar-refractivity contribution in [3.63, 3.8) is 0 Å². The van der Waals surface area contributed by atoms with Crippen molar-refractivity contribution in [3.05, 3.63) is 0 Å². The highest BCUT2D eigenvalue weighted by Gasteiger charge is 2.40. The standard InChI is InChI=1S/C19H35N3O.2ClH/c1-13(2)12-22-8-6-17(7-9-22)21-19(23)16-10-14-4-3-5-15(11-16)18(14)20;;/h13-18H,3-12,20H2,1-2H3,(H,21,23);2*1H. The summed E-state index contributed by atoms with van der Waals surface area (Å²) in [6.45, 7) is 8.00. The van der Waals surface area contributed by atoms with E-state index in [1.807, 2.05) is 0 Å². The molecule has 148 valence electrons. The van der Waals surface area contributed by atoms with Crippen LogP contribution in [0.15, 0.2) is 0 Å². The number of nitrogens with one attached hydrogen (secondary N) is 1. The quantitative estimate of drug-likeness (QED) is 0.770. The molecule has 3 fully saturated rings. The number of nitrogens with zero attached hydrogens (tertiary/aromatic N) is 1. The highest BCUT2D eigenvalue weighted by molar-refractivity contribution is 5.85. The molecule has 0 radical (unpaired) electrons. The first-order chi connectivity index (χ1) is 11.0. The van der Waals surface area contributed by atoms with Gasteiger partial charge in [0.15, 0.2) is 0 Å². The molecular formula is C19H37Cl2N3O. The van der Waals surface area contributed by atoms with Crippen molar-refractivity contribution in [2.45, 2.75) is 70.9 Å². The van der Waals surface area contributed by atoms with E-state index in [1.54, 1.807) is 0 Å². The lowest BCUT2D eigenvalue weighted by molar-refractivity contribution is -0.129. The summed E-state index contributed by atoms with van der Waals surface area (Å²) >= 11 is 0. The zero-order valence-corrected chi connectivity index (χ0v) is 17.4. The number of carbonyl (C=O) groups is 1. The third kappa shape index (κ3) is 5.98. The summed E-state index contributed by atoms with van der Waals surface area (Å²) < 4.78 is 0. The number of nitrogens with two attached hydrogens (primary N) is 1. The number of carbonyl (C=O) groups excluding carboxylic acids is 1. The van der Waals surface area contributed by atoms with E-state index in [1.165, 1.54) is 25.8 Å². The number of likely N-dealkylation sites (tertiary alicyclic amines) is 1. The lowest BCUT2D eigenvalue weighted by atomic mass is 9.65. The third-order valence-corrected chi connectivity index (χ3v) is 6.34. The Morgan fingerprint density at radius 1 is 1.08 bits per heavy atom. The number of hydrogen-bond donors (Lipinski definition) is 2. The van der Waals surface area contributed by atoms with Gasteiger partial charge in [-0.2, -0.15) is 0 Å². The zero-order chi connectivity index (χ0) is 16.4. The molecule has 2 bridgehead atoms. The second-order valence-corrected chi connectivity index (χ2v) is 8.67. The van der Waals surface area contributed by atoms with Gasteiger partial charge in [0, 0.05) is 37.6 Å². The van der Waals surface area contributed by atoms with Crippen LogP contribution >= 0.6 is 24.8 Å². The topological polar surface area (TPSA) is 58.4 Å². The van der Waals surface area contributed by atoms with Crippen LogP contribution < -0.4 is 11.1 Å². The molecule has 1 heterocycles. The lowest BCUT2D eigenvalue weighted by Gasteiger charge is -2.44. The fraction of sp³-hybridized carbons (Fsp3) is 0.947. The van der Waals surface area contributed by atoms with Crippen molar-refractivity contribution in [2.75, 3.05) is 19.6 Å². The first-order valence-corrected chi connectivity index (χ1v) is 9.81. The molecule has 0 spiro atoms. The number of halogens is 2. The van der Waals surface area contributed by atoms with Crippen LogP contribution in [0.3, 0.4) is 0 Å². The van der Waals surface area contributed by atoms with Crippen molar-refractivity contribution in [1.29, 1.82) is 0 Å². The van der Waals surface area contributed by atoms with Crippen LogP contribution in [0.5, 0.6) is 0 Å². The fourth-order valence-corrected chi connectivity index (χ4v) is 5.10. The normalized spacial score (nSPS) is 33.3. The minimum absolute atomic E-state index is 0. The van der Waals surface area contributed by atoms with Gasteiger partial charge in [-0.3, -0.25) is 4.79 Å². The summed E-state index contributed by atoms with van der Waals surface area (Å²) in [6, 6.07) is 0.744. The molecule has 3 aliphatic rings. The van der Waals surface area contributed by atoms with Gasteiger partial charge in [0.25, 0.3) is 0 Å². The van der Waals surface area contributed by atoms with E-state index in [4.69, 9.17) is 5.73 Å². The van der Waals surface area contributed by atoms with Crippen LogP contribution in [0, 0.1) is 23.7 Å². The maximum Gasteiger partial charge on any atom is 0.223 e. The predicted octanol–water partition coefficient (Wildman–Crippen LogP) is 3.22. The highest BCUT2D eigenvalue weighted by atomic mass is 35.5. The Labute approximate surface area is 165 Å². The van der Waals surface area contributed by atoms with Gasteiger partial charge in [-0.1, -0.05) is 20.3 Å². The van der Waals surface area contributed by atoms with Gasteiger partial charge in [-0.25, -0.2) is 0 Å². The summed E-state index contributed by atoms with van der Waals surface area (Å²) in [4.78, 5) is 15.2. The average molecular weight is 394 g/mol. The third-order valence-electron chi connectivity index (χ3n) is 6.34. The Hall–Kier alpha value is -0.0300. The largest absolute Gasteiger partial charge is 0.353 e. The van der Waals surface area contributed by atoms with Crippen LogP contribution in [0.1, 0.15) is 58.8 Å². The number of piperidine rings is 1. The number of hydrogen-bond acceptors (Lipinski definition) is 3. The maximum atomic E-state index is 12.7. The first kappa shape index (κ1) is 23.0. The molecule has 2 aliphatic carbocycles. The SMILES string of the molecule is CC(C)CN1CCC(NC(=O)C2CC3CCCC(C2)C3N)CC1.Cl.Cl. The van der Waals surface area contributed by atoms with Crippen molar-refractivity contribution in [1.82, 2.24) is 10.2 Å². The Kier molecular flexibility index (Phi) is 9.52. The monoisotopic (exact) mass is 393 g/mol. The van der Waals surface area contributed by atoms with Gasteiger partial charge in [0.05, 0.1) is 0 Å². The molecule has 25 heavy (non-hydrogen) atoms. The van der Waals surface area contributed by atoms with E-state index in [0.717, 1.165) is 44.7 Å². The molecule has 2 saturated carbocycles. The van der Waals surface area contributed by atoms with Crippen LogP contribution in [0.25, 0.3) is 0 Å². The molecule has 0 aromatic carbocycles. The minimum atomic E-state index is 0. The number of fused-ring (bicyclic) bond motifs is 2. The minimum Gasteiger partial charge on any atom is -0.353 e. The van der Waals surface area contributed by atoms with Gasteiger partial charge in [0.1, 0.15) is 0 Å². The molecule has 0 aromatic rings. The molecular weight excluding hydrogens is 357 g/mol. The molecule has 1 amide bonds. The van der Waals surface area contributed by atoms with E-state index in [0.29, 0.717) is 29.8 Å². The summed E-state index contributed by atoms with van der Waals surface area (Å²) in [7, 11) is 0. The molecule has 3 N–H and O–H groups in total. The number of amides is 1. The molecule has 1 saturated heterocycles. The zero-order valence-electron chi connectivity index (χ0n) is 15.8. The van der Waals surface area contributed by atoms with Gasteiger partial charge in [-0.15, -0.1) is 24.8 Å². The van der Waals surface area contributed by atoms with Crippen LogP contribution in [0.4, 0.5) is 0 Å². The van der Waals surface area contributed by atoms with Crippen LogP contribution in [0.2, 0.25) is 0 Å². The second kappa shape index (κ2) is 10.3. The van der Waals surface area contributed by atoms with E-state index in [2.05, 4.69) is 24.1 Å². The maximum absolute atomic E-state index is 12.7. The van der Waals surface area contributed by atoms with Crippen LogP contribution in [-0.4, -0.2) is 42.5 Å².